The monoisotopic (exact) mass is 143 g/mol. The maximum Gasteiger partial charge on any atom is 0.220 e. The van der Waals surface area contributed by atoms with Crippen LogP contribution < -0.4 is 5.32 Å². The van der Waals surface area contributed by atoms with Gasteiger partial charge in [-0.25, -0.2) is 0 Å². The Morgan fingerprint density at radius 2 is 2.40 bits per heavy atom. The van der Waals surface area contributed by atoms with Gasteiger partial charge in [0.25, 0.3) is 0 Å². The summed E-state index contributed by atoms with van der Waals surface area (Å²) in [5, 5.41) is 11.5. The van der Waals surface area contributed by atoms with Crippen molar-refractivity contribution in [2.45, 2.75) is 18.8 Å². The van der Waals surface area contributed by atoms with E-state index in [0.717, 1.165) is 0 Å². The number of ether oxygens (including phenoxy) is 1. The maximum atomic E-state index is 10.6. The predicted molar refractivity (Wildman–Crippen MR) is 32.0 cm³/mol. The van der Waals surface area contributed by atoms with Gasteiger partial charge in [-0.3, -0.25) is 4.79 Å². The standard InChI is InChI=1S/C6H9NO3/c8-4-1-3(2-7-4)5-6(9)10-5/h3,5-6,9H,1-2H2,(H,7,8). The number of hydrogen-bond acceptors (Lipinski definition) is 3. The van der Waals surface area contributed by atoms with Crippen LogP contribution in [0.25, 0.3) is 0 Å². The SMILES string of the molecule is O=C1CC(C2OC2O)CN1. The Kier molecular flexibility index (Phi) is 1.18. The number of nitrogens with one attached hydrogen (secondary N) is 1. The fraction of sp³-hybridized carbons (Fsp3) is 0.833. The molecule has 10 heavy (non-hydrogen) atoms. The maximum absolute atomic E-state index is 10.6. The van der Waals surface area contributed by atoms with Crippen molar-refractivity contribution in [3.8, 4) is 0 Å². The Balaban J connectivity index is 1.90. The van der Waals surface area contributed by atoms with Gasteiger partial charge in [-0.15, -0.1) is 0 Å². The summed E-state index contributed by atoms with van der Waals surface area (Å²) in [6.45, 7) is 0.653. The third kappa shape index (κ3) is 0.892. The van der Waals surface area contributed by atoms with E-state index < -0.39 is 6.29 Å². The third-order valence-corrected chi connectivity index (χ3v) is 1.97. The minimum atomic E-state index is -0.613. The molecule has 1 amide bonds. The Morgan fingerprint density at radius 3 is 2.80 bits per heavy atom. The molecule has 56 valence electrons. The van der Waals surface area contributed by atoms with Crippen LogP contribution in [0.15, 0.2) is 0 Å². The van der Waals surface area contributed by atoms with Gasteiger partial charge < -0.3 is 15.2 Å². The molecule has 0 radical (unpaired) electrons. The number of aliphatic hydroxyl groups is 1. The first-order valence-corrected chi connectivity index (χ1v) is 3.37. The Morgan fingerprint density at radius 1 is 1.70 bits per heavy atom. The quantitative estimate of drug-likeness (QED) is 0.455. The summed E-state index contributed by atoms with van der Waals surface area (Å²) in [4.78, 5) is 10.6. The van der Waals surface area contributed by atoms with Crippen molar-refractivity contribution < 1.29 is 14.6 Å². The topological polar surface area (TPSA) is 61.9 Å². The summed E-state index contributed by atoms with van der Waals surface area (Å²) in [6.07, 6.45) is -0.196. The lowest BCUT2D eigenvalue weighted by molar-refractivity contribution is -0.119. The molecule has 0 spiro atoms. The number of aliphatic hydroxyl groups excluding tert-OH is 1. The fourth-order valence-corrected chi connectivity index (χ4v) is 1.32. The predicted octanol–water partition coefficient (Wildman–Crippen LogP) is -1.16. The van der Waals surface area contributed by atoms with E-state index >= 15 is 0 Å². The van der Waals surface area contributed by atoms with E-state index in [2.05, 4.69) is 5.32 Å². The molecule has 2 fully saturated rings. The number of carbonyl (C=O) groups is 1. The second-order valence-corrected chi connectivity index (χ2v) is 2.76. The van der Waals surface area contributed by atoms with E-state index in [1.807, 2.05) is 0 Å². The van der Waals surface area contributed by atoms with E-state index in [4.69, 9.17) is 9.84 Å². The molecule has 2 rings (SSSR count). The zero-order chi connectivity index (χ0) is 7.14. The first-order valence-electron chi connectivity index (χ1n) is 3.37. The average molecular weight is 143 g/mol. The molecule has 0 bridgehead atoms. The summed E-state index contributed by atoms with van der Waals surface area (Å²) < 4.78 is 4.81. The summed E-state index contributed by atoms with van der Waals surface area (Å²) in [5.41, 5.74) is 0. The highest BCUT2D eigenvalue weighted by Crippen LogP contribution is 2.30. The van der Waals surface area contributed by atoms with Crippen molar-refractivity contribution in [2.75, 3.05) is 6.54 Å². The number of hydrogen-bond donors (Lipinski definition) is 2. The number of epoxide rings is 1. The van der Waals surface area contributed by atoms with Crippen molar-refractivity contribution in [1.29, 1.82) is 0 Å². The molecule has 4 heteroatoms. The van der Waals surface area contributed by atoms with Gasteiger partial charge in [0.05, 0.1) is 0 Å². The zero-order valence-electron chi connectivity index (χ0n) is 5.41. The molecule has 0 aromatic rings. The highest BCUT2D eigenvalue weighted by atomic mass is 16.7. The lowest BCUT2D eigenvalue weighted by Crippen LogP contribution is -2.16. The largest absolute Gasteiger partial charge is 0.366 e. The van der Waals surface area contributed by atoms with Crippen LogP contribution in [0.4, 0.5) is 0 Å². The van der Waals surface area contributed by atoms with Gasteiger partial charge >= 0.3 is 0 Å². The molecular formula is C6H9NO3. The molecule has 0 aliphatic carbocycles. The molecule has 2 aliphatic heterocycles. The van der Waals surface area contributed by atoms with Crippen molar-refractivity contribution in [3.05, 3.63) is 0 Å². The van der Waals surface area contributed by atoms with E-state index in [9.17, 15) is 4.79 Å². The van der Waals surface area contributed by atoms with Crippen LogP contribution in [0, 0.1) is 5.92 Å². The summed E-state index contributed by atoms with van der Waals surface area (Å²) >= 11 is 0. The molecule has 2 saturated heterocycles. The van der Waals surface area contributed by atoms with Crippen molar-refractivity contribution >= 4 is 5.91 Å². The van der Waals surface area contributed by atoms with Crippen molar-refractivity contribution in [2.24, 2.45) is 5.92 Å². The van der Waals surface area contributed by atoms with Gasteiger partial charge in [-0.1, -0.05) is 0 Å². The molecule has 2 heterocycles. The smallest absolute Gasteiger partial charge is 0.220 e. The third-order valence-electron chi connectivity index (χ3n) is 1.97. The molecule has 0 saturated carbocycles. The second kappa shape index (κ2) is 1.93. The van der Waals surface area contributed by atoms with Crippen molar-refractivity contribution in [1.82, 2.24) is 5.32 Å². The highest BCUT2D eigenvalue weighted by molar-refractivity contribution is 5.78. The number of rotatable bonds is 1. The molecule has 0 aromatic carbocycles. The Hall–Kier alpha value is -0.610. The summed E-state index contributed by atoms with van der Waals surface area (Å²) in [7, 11) is 0. The first-order chi connectivity index (χ1) is 4.77. The van der Waals surface area contributed by atoms with Crippen molar-refractivity contribution in [3.63, 3.8) is 0 Å². The summed E-state index contributed by atoms with van der Waals surface area (Å²) in [5.74, 6) is 0.259. The van der Waals surface area contributed by atoms with E-state index in [-0.39, 0.29) is 17.9 Å². The minimum Gasteiger partial charge on any atom is -0.366 e. The lowest BCUT2D eigenvalue weighted by Gasteiger charge is -1.97. The van der Waals surface area contributed by atoms with Crippen LogP contribution in [0.5, 0.6) is 0 Å². The highest BCUT2D eigenvalue weighted by Gasteiger charge is 2.46. The average Bonchev–Trinajstić information content (AvgIpc) is 2.42. The lowest BCUT2D eigenvalue weighted by atomic mass is 10.1. The van der Waals surface area contributed by atoms with Gasteiger partial charge in [0.1, 0.15) is 6.10 Å². The normalized spacial score (nSPS) is 45.3. The van der Waals surface area contributed by atoms with Gasteiger partial charge in [0.15, 0.2) is 6.29 Å². The van der Waals surface area contributed by atoms with Crippen LogP contribution >= 0.6 is 0 Å². The molecule has 0 aromatic heterocycles. The van der Waals surface area contributed by atoms with Gasteiger partial charge in [-0.2, -0.15) is 0 Å². The minimum absolute atomic E-state index is 0.0627. The molecule has 2 aliphatic rings. The van der Waals surface area contributed by atoms with Crippen LogP contribution in [0.3, 0.4) is 0 Å². The molecule has 3 unspecified atom stereocenters. The fourth-order valence-electron chi connectivity index (χ4n) is 1.32. The van der Waals surface area contributed by atoms with Gasteiger partial charge in [0.2, 0.25) is 5.91 Å². The Bertz CT molecular complexity index is 170. The van der Waals surface area contributed by atoms with E-state index in [1.54, 1.807) is 0 Å². The van der Waals surface area contributed by atoms with Gasteiger partial charge in [0, 0.05) is 18.9 Å². The summed E-state index contributed by atoms with van der Waals surface area (Å²) in [6, 6.07) is 0. The zero-order valence-corrected chi connectivity index (χ0v) is 5.41. The number of carbonyl (C=O) groups excluding carboxylic acids is 1. The molecule has 2 N–H and O–H groups in total. The number of amides is 1. The molecule has 3 atom stereocenters. The Labute approximate surface area is 58.2 Å². The van der Waals surface area contributed by atoms with E-state index in [0.29, 0.717) is 13.0 Å². The molecule has 4 nitrogen and oxygen atoms in total. The van der Waals surface area contributed by atoms with Crippen LogP contribution in [0.2, 0.25) is 0 Å². The van der Waals surface area contributed by atoms with E-state index in [1.165, 1.54) is 0 Å². The first kappa shape index (κ1) is 6.12. The van der Waals surface area contributed by atoms with Crippen LogP contribution in [0.1, 0.15) is 6.42 Å². The second-order valence-electron chi connectivity index (χ2n) is 2.76. The van der Waals surface area contributed by atoms with Crippen LogP contribution in [-0.4, -0.2) is 30.0 Å². The van der Waals surface area contributed by atoms with Crippen LogP contribution in [-0.2, 0) is 9.53 Å². The van der Waals surface area contributed by atoms with Gasteiger partial charge in [-0.05, 0) is 0 Å². The molecular weight excluding hydrogens is 134 g/mol.